The van der Waals surface area contributed by atoms with Gasteiger partial charge in [-0.15, -0.1) is 0 Å². The first-order valence-corrected chi connectivity index (χ1v) is 15.7. The molecule has 0 aromatic heterocycles. The summed E-state index contributed by atoms with van der Waals surface area (Å²) < 4.78 is 40.6. The van der Waals surface area contributed by atoms with E-state index >= 15 is 0 Å². The first kappa shape index (κ1) is 30.7. The number of hydrogen-bond acceptors (Lipinski definition) is 2. The summed E-state index contributed by atoms with van der Waals surface area (Å²) in [6.45, 7) is 0. The van der Waals surface area contributed by atoms with Crippen LogP contribution in [0.1, 0.15) is 15.9 Å². The summed E-state index contributed by atoms with van der Waals surface area (Å²) in [5.41, 5.74) is -1.06. The van der Waals surface area contributed by atoms with Gasteiger partial charge < -0.3 is 10.6 Å². The molecule has 5 aromatic carbocycles. The van der Waals surface area contributed by atoms with Gasteiger partial charge in [0, 0.05) is 5.56 Å². The molecule has 0 fully saturated rings. The quantitative estimate of drug-likeness (QED) is 0.137. The first-order chi connectivity index (χ1) is 21.2. The van der Waals surface area contributed by atoms with Crippen molar-refractivity contribution in [1.82, 2.24) is 5.32 Å². The number of alkyl halides is 3. The summed E-state index contributed by atoms with van der Waals surface area (Å²) in [6.07, 6.45) is -4.65. The summed E-state index contributed by atoms with van der Waals surface area (Å²) in [4.78, 5) is 27.5. The van der Waals surface area contributed by atoms with Gasteiger partial charge in [-0.05, 0) is 66.7 Å². The van der Waals surface area contributed by atoms with E-state index in [1.807, 2.05) is 91.0 Å². The SMILES string of the molecule is O=C(Nc1cc(C(F)(F)F)ccc1Cl)/C(=C/[P+](c1ccccc1)(c1ccccc1)c1ccccc1)NC(=O)c1ccccc1. The van der Waals surface area contributed by atoms with E-state index in [0.29, 0.717) is 5.56 Å². The molecular weight excluding hydrogens is 604 g/mol. The van der Waals surface area contributed by atoms with Crippen LogP contribution in [0.2, 0.25) is 5.02 Å². The molecule has 9 heteroatoms. The van der Waals surface area contributed by atoms with Crippen LogP contribution in [0.4, 0.5) is 18.9 Å². The van der Waals surface area contributed by atoms with Crippen LogP contribution in [0.3, 0.4) is 0 Å². The molecule has 0 aliphatic carbocycles. The van der Waals surface area contributed by atoms with Crippen molar-refractivity contribution >= 4 is 52.3 Å². The molecule has 5 aromatic rings. The van der Waals surface area contributed by atoms with Crippen LogP contribution in [0, 0.1) is 0 Å². The van der Waals surface area contributed by atoms with Crippen molar-refractivity contribution in [2.75, 3.05) is 5.32 Å². The minimum atomic E-state index is -4.65. The Bertz CT molecular complexity index is 1690. The van der Waals surface area contributed by atoms with Gasteiger partial charge in [0.15, 0.2) is 0 Å². The first-order valence-electron chi connectivity index (χ1n) is 13.5. The summed E-state index contributed by atoms with van der Waals surface area (Å²) in [7, 11) is -2.81. The Balaban J connectivity index is 1.73. The number of carbonyl (C=O) groups excluding carboxylic acids is 2. The van der Waals surface area contributed by atoms with Crippen LogP contribution in [0.25, 0.3) is 0 Å². The van der Waals surface area contributed by atoms with Crippen molar-refractivity contribution in [3.8, 4) is 0 Å². The van der Waals surface area contributed by atoms with Gasteiger partial charge in [0.1, 0.15) is 34.7 Å². The molecule has 2 amide bonds. The molecule has 0 atom stereocenters. The molecule has 4 nitrogen and oxygen atoms in total. The van der Waals surface area contributed by atoms with Gasteiger partial charge in [-0.3, -0.25) is 9.59 Å². The van der Waals surface area contributed by atoms with E-state index in [1.165, 1.54) is 0 Å². The van der Waals surface area contributed by atoms with Crippen LogP contribution in [0.5, 0.6) is 0 Å². The number of anilines is 1. The average Bonchev–Trinajstić information content (AvgIpc) is 3.05. The third-order valence-corrected chi connectivity index (χ3v) is 11.2. The van der Waals surface area contributed by atoms with Crippen LogP contribution in [-0.2, 0) is 11.0 Å². The van der Waals surface area contributed by atoms with E-state index in [-0.39, 0.29) is 16.4 Å². The Hall–Kier alpha value is -4.71. The van der Waals surface area contributed by atoms with E-state index in [1.54, 1.807) is 36.1 Å². The standard InChI is InChI=1S/C35H25ClF3N2O2P/c36-30-22-21-26(35(37,38)39)23-31(30)40-34(43)32(41-33(42)25-13-5-1-6-14-25)24-44(27-15-7-2-8-16-27,28-17-9-3-10-18-28)29-19-11-4-12-20-29/h1-24H,(H-,40,41,42,43)/p+1/b32-24-. The topological polar surface area (TPSA) is 58.2 Å². The molecule has 2 N–H and O–H groups in total. The Morgan fingerprint density at radius 3 is 1.57 bits per heavy atom. The molecule has 0 aliphatic rings. The molecule has 220 valence electrons. The lowest BCUT2D eigenvalue weighted by molar-refractivity contribution is -0.137. The number of benzene rings is 5. The molecule has 44 heavy (non-hydrogen) atoms. The van der Waals surface area contributed by atoms with E-state index < -0.39 is 30.8 Å². The molecule has 5 rings (SSSR count). The van der Waals surface area contributed by atoms with Gasteiger partial charge in [0.05, 0.1) is 16.3 Å². The Morgan fingerprint density at radius 1 is 0.659 bits per heavy atom. The zero-order chi connectivity index (χ0) is 31.2. The molecule has 0 unspecified atom stereocenters. The molecule has 0 heterocycles. The number of carbonyl (C=O) groups is 2. The third kappa shape index (κ3) is 6.75. The molecule has 0 radical (unpaired) electrons. The third-order valence-electron chi connectivity index (χ3n) is 6.88. The minimum absolute atomic E-state index is 0.0877. The van der Waals surface area contributed by atoms with Gasteiger partial charge in [-0.2, -0.15) is 13.2 Å². The van der Waals surface area contributed by atoms with Gasteiger partial charge in [-0.25, -0.2) is 0 Å². The summed E-state index contributed by atoms with van der Waals surface area (Å²) in [5, 5.41) is 7.88. The largest absolute Gasteiger partial charge is 0.416 e. The summed E-state index contributed by atoms with van der Waals surface area (Å²) in [5.74, 6) is 0.349. The fraction of sp³-hybridized carbons (Fsp3) is 0.0286. The maximum Gasteiger partial charge on any atom is 0.416 e. The molecule has 0 spiro atoms. The predicted octanol–water partition coefficient (Wildman–Crippen LogP) is 7.56. The van der Waals surface area contributed by atoms with Crippen LogP contribution in [-0.4, -0.2) is 11.8 Å². The highest BCUT2D eigenvalue weighted by Gasteiger charge is 2.45. The predicted molar refractivity (Wildman–Crippen MR) is 172 cm³/mol. The van der Waals surface area contributed by atoms with Crippen LogP contribution >= 0.6 is 18.9 Å². The molecular formula is C35H26ClF3N2O2P+. The molecule has 0 aliphatic heterocycles. The van der Waals surface area contributed by atoms with E-state index in [0.717, 1.165) is 34.1 Å². The number of halogens is 4. The lowest BCUT2D eigenvalue weighted by Crippen LogP contribution is -2.35. The second kappa shape index (κ2) is 13.3. The van der Waals surface area contributed by atoms with Crippen molar-refractivity contribution in [1.29, 1.82) is 0 Å². The minimum Gasteiger partial charge on any atom is -0.319 e. The maximum absolute atomic E-state index is 14.0. The zero-order valence-electron chi connectivity index (χ0n) is 23.1. The van der Waals surface area contributed by atoms with Crippen molar-refractivity contribution < 1.29 is 22.8 Å². The molecule has 0 saturated heterocycles. The van der Waals surface area contributed by atoms with Crippen molar-refractivity contribution in [2.24, 2.45) is 0 Å². The van der Waals surface area contributed by atoms with E-state index in [4.69, 9.17) is 11.6 Å². The number of nitrogens with one attached hydrogen (secondary N) is 2. The Kier molecular flexibility index (Phi) is 9.29. The van der Waals surface area contributed by atoms with Crippen molar-refractivity contribution in [3.05, 3.63) is 167 Å². The lowest BCUT2D eigenvalue weighted by atomic mass is 10.2. The summed E-state index contributed by atoms with van der Waals surface area (Å²) in [6, 6.07) is 39.8. The summed E-state index contributed by atoms with van der Waals surface area (Å²) >= 11 is 6.24. The normalized spacial score (nSPS) is 12.0. The fourth-order valence-electron chi connectivity index (χ4n) is 4.77. The van der Waals surface area contributed by atoms with Crippen LogP contribution in [0.15, 0.2) is 151 Å². The zero-order valence-corrected chi connectivity index (χ0v) is 24.8. The molecule has 0 bridgehead atoms. The van der Waals surface area contributed by atoms with E-state index in [9.17, 15) is 22.8 Å². The van der Waals surface area contributed by atoms with Gasteiger partial charge in [-0.1, -0.05) is 84.4 Å². The highest BCUT2D eigenvalue weighted by Crippen LogP contribution is 2.57. The second-order valence-electron chi connectivity index (χ2n) is 9.74. The van der Waals surface area contributed by atoms with Gasteiger partial charge >= 0.3 is 6.18 Å². The monoisotopic (exact) mass is 629 g/mol. The fourth-order valence-corrected chi connectivity index (χ4v) is 8.78. The number of amides is 2. The maximum atomic E-state index is 14.0. The Labute approximate surface area is 258 Å². The smallest absolute Gasteiger partial charge is 0.319 e. The van der Waals surface area contributed by atoms with Crippen LogP contribution < -0.4 is 26.5 Å². The van der Waals surface area contributed by atoms with Crippen molar-refractivity contribution in [2.45, 2.75) is 6.18 Å². The molecule has 0 saturated carbocycles. The Morgan fingerprint density at radius 2 is 1.11 bits per heavy atom. The highest BCUT2D eigenvalue weighted by molar-refractivity contribution is 7.98. The highest BCUT2D eigenvalue weighted by atomic mass is 35.5. The van der Waals surface area contributed by atoms with Gasteiger partial charge in [0.2, 0.25) is 0 Å². The van der Waals surface area contributed by atoms with Crippen molar-refractivity contribution in [3.63, 3.8) is 0 Å². The number of rotatable bonds is 8. The number of hydrogen-bond donors (Lipinski definition) is 2. The van der Waals surface area contributed by atoms with E-state index in [2.05, 4.69) is 10.6 Å². The van der Waals surface area contributed by atoms with Gasteiger partial charge in [0.25, 0.3) is 11.8 Å². The lowest BCUT2D eigenvalue weighted by Gasteiger charge is -2.25. The average molecular weight is 630 g/mol. The second-order valence-corrected chi connectivity index (χ2v) is 13.4.